The molecule has 0 amide bonds. The number of nitrogens with zero attached hydrogens (tertiary/aromatic N) is 1. The minimum atomic E-state index is 0.978. The molecule has 0 fully saturated rings. The summed E-state index contributed by atoms with van der Waals surface area (Å²) in [7, 11) is 0. The first kappa shape index (κ1) is 12.8. The number of fused-ring (bicyclic) bond motifs is 2. The van der Waals surface area contributed by atoms with E-state index in [9.17, 15) is 0 Å². The maximum absolute atomic E-state index is 4.75. The Bertz CT molecular complexity index is 969. The SMILES string of the molecule is C(=Cc1ccc2cc3ccccc3cc2n1)c1ccccc1. The number of hydrogen-bond acceptors (Lipinski definition) is 1. The molecule has 0 atom stereocenters. The van der Waals surface area contributed by atoms with Gasteiger partial charge >= 0.3 is 0 Å². The van der Waals surface area contributed by atoms with Crippen molar-refractivity contribution in [2.24, 2.45) is 0 Å². The maximum Gasteiger partial charge on any atom is 0.0715 e. The fourth-order valence-corrected chi connectivity index (χ4v) is 2.67. The third kappa shape index (κ3) is 2.49. The van der Waals surface area contributed by atoms with Gasteiger partial charge in [0.15, 0.2) is 0 Å². The molecule has 0 unspecified atom stereocenters. The van der Waals surface area contributed by atoms with Gasteiger partial charge in [-0.05, 0) is 40.6 Å². The van der Waals surface area contributed by atoms with Crippen molar-refractivity contribution in [2.45, 2.75) is 0 Å². The standard InChI is InChI=1S/C21H15N/c1-2-6-16(7-3-1)10-12-20-13-11-19-14-17-8-4-5-9-18(17)15-21(19)22-20/h1-15H. The van der Waals surface area contributed by atoms with E-state index >= 15 is 0 Å². The van der Waals surface area contributed by atoms with Crippen LogP contribution >= 0.6 is 0 Å². The van der Waals surface area contributed by atoms with Crippen molar-refractivity contribution in [1.82, 2.24) is 4.98 Å². The lowest BCUT2D eigenvalue weighted by Crippen LogP contribution is -1.84. The first-order valence-corrected chi connectivity index (χ1v) is 7.41. The molecular weight excluding hydrogens is 266 g/mol. The highest BCUT2D eigenvalue weighted by Crippen LogP contribution is 2.22. The third-order valence-corrected chi connectivity index (χ3v) is 3.82. The van der Waals surface area contributed by atoms with Crippen LogP contribution in [0.4, 0.5) is 0 Å². The Morgan fingerprint density at radius 1 is 0.591 bits per heavy atom. The summed E-state index contributed by atoms with van der Waals surface area (Å²) in [5.74, 6) is 0. The van der Waals surface area contributed by atoms with E-state index in [-0.39, 0.29) is 0 Å². The van der Waals surface area contributed by atoms with Crippen LogP contribution < -0.4 is 0 Å². The van der Waals surface area contributed by atoms with Gasteiger partial charge in [0.1, 0.15) is 0 Å². The van der Waals surface area contributed by atoms with Crippen molar-refractivity contribution in [2.75, 3.05) is 0 Å². The topological polar surface area (TPSA) is 12.9 Å². The highest BCUT2D eigenvalue weighted by atomic mass is 14.7. The van der Waals surface area contributed by atoms with E-state index in [2.05, 4.69) is 72.8 Å². The molecule has 0 saturated carbocycles. The Morgan fingerprint density at radius 3 is 2.14 bits per heavy atom. The van der Waals surface area contributed by atoms with E-state index in [1.807, 2.05) is 18.2 Å². The van der Waals surface area contributed by atoms with Crippen molar-refractivity contribution in [3.05, 3.63) is 90.1 Å². The average molecular weight is 281 g/mol. The Kier molecular flexibility index (Phi) is 3.17. The molecule has 0 radical (unpaired) electrons. The lowest BCUT2D eigenvalue weighted by atomic mass is 10.1. The highest BCUT2D eigenvalue weighted by molar-refractivity contribution is 5.96. The van der Waals surface area contributed by atoms with Crippen molar-refractivity contribution in [1.29, 1.82) is 0 Å². The maximum atomic E-state index is 4.75. The summed E-state index contributed by atoms with van der Waals surface area (Å²) >= 11 is 0. The van der Waals surface area contributed by atoms with E-state index in [1.54, 1.807) is 0 Å². The van der Waals surface area contributed by atoms with E-state index in [4.69, 9.17) is 4.98 Å². The molecule has 0 saturated heterocycles. The molecule has 0 N–H and O–H groups in total. The van der Waals surface area contributed by atoms with Crippen LogP contribution in [-0.2, 0) is 0 Å². The number of benzene rings is 3. The summed E-state index contributed by atoms with van der Waals surface area (Å²) < 4.78 is 0. The molecule has 1 heteroatoms. The Labute approximate surface area is 129 Å². The van der Waals surface area contributed by atoms with Crippen LogP contribution in [0.15, 0.2) is 78.9 Å². The lowest BCUT2D eigenvalue weighted by Gasteiger charge is -2.03. The molecule has 1 aromatic heterocycles. The second-order valence-corrected chi connectivity index (χ2v) is 5.37. The lowest BCUT2D eigenvalue weighted by molar-refractivity contribution is 1.38. The predicted octanol–water partition coefficient (Wildman–Crippen LogP) is 5.56. The van der Waals surface area contributed by atoms with Gasteiger partial charge in [-0.3, -0.25) is 0 Å². The zero-order valence-electron chi connectivity index (χ0n) is 12.1. The van der Waals surface area contributed by atoms with E-state index in [0.29, 0.717) is 0 Å². The monoisotopic (exact) mass is 281 g/mol. The van der Waals surface area contributed by atoms with Crippen molar-refractivity contribution >= 4 is 33.8 Å². The number of rotatable bonds is 2. The zero-order chi connectivity index (χ0) is 14.8. The normalized spacial score (nSPS) is 11.5. The number of hydrogen-bond donors (Lipinski definition) is 0. The van der Waals surface area contributed by atoms with Gasteiger partial charge in [0.05, 0.1) is 11.2 Å². The molecular formula is C21H15N. The Hall–Kier alpha value is -2.93. The number of aromatic nitrogens is 1. The van der Waals surface area contributed by atoms with Gasteiger partial charge in [-0.25, -0.2) is 4.98 Å². The summed E-state index contributed by atoms with van der Waals surface area (Å²) in [6.45, 7) is 0. The Balaban J connectivity index is 1.76. The van der Waals surface area contributed by atoms with Crippen LogP contribution in [0.25, 0.3) is 33.8 Å². The van der Waals surface area contributed by atoms with Gasteiger partial charge in [0.25, 0.3) is 0 Å². The van der Waals surface area contributed by atoms with Crippen molar-refractivity contribution in [3.63, 3.8) is 0 Å². The van der Waals surface area contributed by atoms with Crippen LogP contribution in [0, 0.1) is 0 Å². The van der Waals surface area contributed by atoms with Crippen LogP contribution in [0.2, 0.25) is 0 Å². The summed E-state index contributed by atoms with van der Waals surface area (Å²) in [5.41, 5.74) is 3.20. The summed E-state index contributed by atoms with van der Waals surface area (Å²) in [4.78, 5) is 4.75. The van der Waals surface area contributed by atoms with Crippen LogP contribution in [0.1, 0.15) is 11.3 Å². The molecule has 104 valence electrons. The molecule has 4 rings (SSSR count). The Morgan fingerprint density at radius 2 is 1.32 bits per heavy atom. The smallest absolute Gasteiger partial charge is 0.0715 e. The third-order valence-electron chi connectivity index (χ3n) is 3.82. The largest absolute Gasteiger partial charge is 0.248 e. The molecule has 0 aliphatic carbocycles. The fourth-order valence-electron chi connectivity index (χ4n) is 2.67. The number of pyridine rings is 1. The molecule has 1 nitrogen and oxygen atoms in total. The summed E-state index contributed by atoms with van der Waals surface area (Å²) in [6.07, 6.45) is 4.15. The first-order valence-electron chi connectivity index (χ1n) is 7.41. The summed E-state index contributed by atoms with van der Waals surface area (Å²) in [6, 6.07) is 27.2. The van der Waals surface area contributed by atoms with Gasteiger partial charge in [0.2, 0.25) is 0 Å². The molecule has 3 aromatic carbocycles. The van der Waals surface area contributed by atoms with Gasteiger partial charge in [-0.1, -0.05) is 66.7 Å². The quantitative estimate of drug-likeness (QED) is 0.438. The first-order chi connectivity index (χ1) is 10.9. The van der Waals surface area contributed by atoms with Crippen LogP contribution in [-0.4, -0.2) is 4.98 Å². The van der Waals surface area contributed by atoms with Gasteiger partial charge in [0, 0.05) is 5.39 Å². The highest BCUT2D eigenvalue weighted by Gasteiger charge is 1.99. The second-order valence-electron chi connectivity index (χ2n) is 5.37. The van der Waals surface area contributed by atoms with E-state index in [1.165, 1.54) is 21.7 Å². The fraction of sp³-hybridized carbons (Fsp3) is 0. The molecule has 0 aliphatic heterocycles. The van der Waals surface area contributed by atoms with Crippen molar-refractivity contribution in [3.8, 4) is 0 Å². The van der Waals surface area contributed by atoms with Crippen LogP contribution in [0.3, 0.4) is 0 Å². The molecule has 4 aromatic rings. The molecule has 0 aliphatic rings. The van der Waals surface area contributed by atoms with E-state index in [0.717, 1.165) is 11.2 Å². The predicted molar refractivity (Wildman–Crippen MR) is 94.6 cm³/mol. The molecule has 0 bridgehead atoms. The van der Waals surface area contributed by atoms with Gasteiger partial charge in [-0.2, -0.15) is 0 Å². The van der Waals surface area contributed by atoms with E-state index < -0.39 is 0 Å². The van der Waals surface area contributed by atoms with Crippen LogP contribution in [0.5, 0.6) is 0 Å². The van der Waals surface area contributed by atoms with Crippen molar-refractivity contribution < 1.29 is 0 Å². The molecule has 1 heterocycles. The molecule has 22 heavy (non-hydrogen) atoms. The second kappa shape index (κ2) is 5.45. The minimum Gasteiger partial charge on any atom is -0.248 e. The van der Waals surface area contributed by atoms with Gasteiger partial charge in [-0.15, -0.1) is 0 Å². The average Bonchev–Trinajstić information content (AvgIpc) is 2.59. The summed E-state index contributed by atoms with van der Waals surface area (Å²) in [5, 5.41) is 3.66. The van der Waals surface area contributed by atoms with Gasteiger partial charge < -0.3 is 0 Å². The zero-order valence-corrected chi connectivity index (χ0v) is 12.1. The molecule has 0 spiro atoms. The minimum absolute atomic E-state index is 0.978.